The van der Waals surface area contributed by atoms with Gasteiger partial charge in [0.2, 0.25) is 0 Å². The van der Waals surface area contributed by atoms with E-state index in [2.05, 4.69) is 11.6 Å². The second-order valence-electron chi connectivity index (χ2n) is 2.94. The van der Waals surface area contributed by atoms with Gasteiger partial charge in [0.25, 0.3) is 5.69 Å². The molecule has 1 rings (SSSR count). The summed E-state index contributed by atoms with van der Waals surface area (Å²) in [5.41, 5.74) is 6.52. The lowest BCUT2D eigenvalue weighted by Gasteiger charge is -2.06. The van der Waals surface area contributed by atoms with Crippen LogP contribution in [-0.2, 0) is 0 Å². The number of pyridine rings is 1. The molecule has 0 aliphatic heterocycles. The Morgan fingerprint density at radius 2 is 2.43 bits per heavy atom. The van der Waals surface area contributed by atoms with Gasteiger partial charge >= 0.3 is 0 Å². The lowest BCUT2D eigenvalue weighted by atomic mass is 10.1. The van der Waals surface area contributed by atoms with Crippen LogP contribution < -0.4 is 5.73 Å². The number of nitrogens with two attached hydrogens (primary N) is 1. The summed E-state index contributed by atoms with van der Waals surface area (Å²) in [6.45, 7) is 5.21. The van der Waals surface area contributed by atoms with E-state index >= 15 is 0 Å². The number of hydrogen-bond donors (Lipinski definition) is 1. The molecule has 0 saturated heterocycles. The third-order valence-electron chi connectivity index (χ3n) is 1.80. The predicted octanol–water partition coefficient (Wildman–Crippen LogP) is 1.48. The Morgan fingerprint density at radius 1 is 1.79 bits per heavy atom. The van der Waals surface area contributed by atoms with Crippen LogP contribution >= 0.6 is 0 Å². The molecule has 0 amide bonds. The van der Waals surface area contributed by atoms with Crippen LogP contribution in [0.2, 0.25) is 0 Å². The average Bonchev–Trinajstić information content (AvgIpc) is 2.16. The molecule has 1 aromatic rings. The highest BCUT2D eigenvalue weighted by molar-refractivity contribution is 5.40. The summed E-state index contributed by atoms with van der Waals surface area (Å²) >= 11 is 0. The third kappa shape index (κ3) is 1.94. The van der Waals surface area contributed by atoms with Gasteiger partial charge in [-0.1, -0.05) is 6.08 Å². The van der Waals surface area contributed by atoms with E-state index in [1.165, 1.54) is 12.1 Å². The quantitative estimate of drug-likeness (QED) is 0.448. The topological polar surface area (TPSA) is 82.0 Å². The predicted molar refractivity (Wildman–Crippen MR) is 52.8 cm³/mol. The number of hydrogen-bond acceptors (Lipinski definition) is 4. The normalized spacial score (nSPS) is 12.1. The molecule has 0 aromatic carbocycles. The summed E-state index contributed by atoms with van der Waals surface area (Å²) in [4.78, 5) is 14.1. The van der Waals surface area contributed by atoms with Crippen LogP contribution in [0.5, 0.6) is 0 Å². The highest BCUT2D eigenvalue weighted by Gasteiger charge is 2.18. The molecule has 1 aromatic heterocycles. The van der Waals surface area contributed by atoms with Gasteiger partial charge in [-0.3, -0.25) is 15.1 Å². The van der Waals surface area contributed by atoms with E-state index < -0.39 is 11.0 Å². The fraction of sp³-hybridized carbons (Fsp3) is 0.222. The number of rotatable bonds is 3. The van der Waals surface area contributed by atoms with Crippen molar-refractivity contribution in [2.75, 3.05) is 0 Å². The van der Waals surface area contributed by atoms with Crippen molar-refractivity contribution in [1.82, 2.24) is 4.98 Å². The van der Waals surface area contributed by atoms with Crippen molar-refractivity contribution in [2.24, 2.45) is 5.73 Å². The van der Waals surface area contributed by atoms with Gasteiger partial charge in [-0.05, 0) is 12.5 Å². The van der Waals surface area contributed by atoms with Gasteiger partial charge in [0, 0.05) is 12.3 Å². The minimum atomic E-state index is -0.601. The molecule has 1 heterocycles. The Hall–Kier alpha value is -1.75. The summed E-state index contributed by atoms with van der Waals surface area (Å²) in [7, 11) is 0. The van der Waals surface area contributed by atoms with Crippen molar-refractivity contribution in [1.29, 1.82) is 0 Å². The molecular formula is C9H11N3O2. The molecule has 2 N–H and O–H groups in total. The first-order valence-corrected chi connectivity index (χ1v) is 4.05. The van der Waals surface area contributed by atoms with Crippen molar-refractivity contribution in [3.05, 3.63) is 46.3 Å². The zero-order valence-electron chi connectivity index (χ0n) is 7.80. The summed E-state index contributed by atoms with van der Waals surface area (Å²) in [6, 6.07) is 0.849. The lowest BCUT2D eigenvalue weighted by molar-refractivity contribution is -0.386. The van der Waals surface area contributed by atoms with Gasteiger partial charge in [0.1, 0.15) is 5.69 Å². The molecule has 14 heavy (non-hydrogen) atoms. The molecule has 0 saturated carbocycles. The highest BCUT2D eigenvalue weighted by atomic mass is 16.6. The molecule has 1 unspecified atom stereocenters. The first-order valence-electron chi connectivity index (χ1n) is 4.05. The van der Waals surface area contributed by atoms with Crippen LogP contribution in [-0.4, -0.2) is 9.91 Å². The molecule has 0 aliphatic carbocycles. The zero-order valence-corrected chi connectivity index (χ0v) is 7.80. The summed E-state index contributed by atoms with van der Waals surface area (Å²) in [5.74, 6) is 0. The van der Waals surface area contributed by atoms with E-state index in [9.17, 15) is 10.1 Å². The van der Waals surface area contributed by atoms with Crippen LogP contribution in [0.3, 0.4) is 0 Å². The van der Waals surface area contributed by atoms with E-state index in [-0.39, 0.29) is 11.4 Å². The van der Waals surface area contributed by atoms with Crippen LogP contribution in [0.25, 0.3) is 0 Å². The lowest BCUT2D eigenvalue weighted by Crippen LogP contribution is -2.11. The Balaban J connectivity index is 3.28. The van der Waals surface area contributed by atoms with Crippen molar-refractivity contribution in [3.63, 3.8) is 0 Å². The van der Waals surface area contributed by atoms with Crippen LogP contribution in [0.15, 0.2) is 24.9 Å². The standard InChI is InChI=1S/C9H11N3O2/c1-3-7(10)9-8(12(13)14)4-6(2)5-11-9/h3-5,7H,1,10H2,2H3. The second-order valence-corrected chi connectivity index (χ2v) is 2.94. The van der Waals surface area contributed by atoms with Gasteiger partial charge in [-0.25, -0.2) is 0 Å². The molecule has 0 spiro atoms. The smallest absolute Gasteiger partial charge is 0.292 e. The molecule has 74 valence electrons. The van der Waals surface area contributed by atoms with Gasteiger partial charge < -0.3 is 5.73 Å². The van der Waals surface area contributed by atoms with E-state index in [0.29, 0.717) is 0 Å². The molecule has 0 bridgehead atoms. The monoisotopic (exact) mass is 193 g/mol. The summed E-state index contributed by atoms with van der Waals surface area (Å²) in [5, 5.41) is 10.7. The number of nitro groups is 1. The van der Waals surface area contributed by atoms with Gasteiger partial charge in [0.05, 0.1) is 11.0 Å². The number of aryl methyl sites for hydroxylation is 1. The first-order chi connectivity index (χ1) is 6.56. The maximum atomic E-state index is 10.7. The Bertz CT molecular complexity index is 376. The second kappa shape index (κ2) is 3.97. The van der Waals surface area contributed by atoms with E-state index in [4.69, 9.17) is 5.73 Å². The van der Waals surface area contributed by atoms with E-state index in [1.807, 2.05) is 0 Å². The Kier molecular flexibility index (Phi) is 2.93. The van der Waals surface area contributed by atoms with Gasteiger partial charge in [-0.15, -0.1) is 6.58 Å². The Morgan fingerprint density at radius 3 is 2.93 bits per heavy atom. The van der Waals surface area contributed by atoms with Crippen LogP contribution in [0.1, 0.15) is 17.3 Å². The average molecular weight is 193 g/mol. The maximum absolute atomic E-state index is 10.7. The minimum absolute atomic E-state index is 0.0580. The van der Waals surface area contributed by atoms with Gasteiger partial charge in [-0.2, -0.15) is 0 Å². The SMILES string of the molecule is C=CC(N)c1ncc(C)cc1[N+](=O)[O-]. The molecule has 1 atom stereocenters. The number of aromatic nitrogens is 1. The molecule has 0 aliphatic rings. The van der Waals surface area contributed by atoms with E-state index in [0.717, 1.165) is 5.56 Å². The highest BCUT2D eigenvalue weighted by Crippen LogP contribution is 2.22. The first kappa shape index (κ1) is 10.3. The molecule has 5 nitrogen and oxygen atoms in total. The van der Waals surface area contributed by atoms with Crippen LogP contribution in [0.4, 0.5) is 5.69 Å². The fourth-order valence-electron chi connectivity index (χ4n) is 1.08. The summed E-state index contributed by atoms with van der Waals surface area (Å²) < 4.78 is 0. The molecule has 0 radical (unpaired) electrons. The zero-order chi connectivity index (χ0) is 10.7. The number of nitrogens with zero attached hydrogens (tertiary/aromatic N) is 2. The van der Waals surface area contributed by atoms with E-state index in [1.54, 1.807) is 13.1 Å². The van der Waals surface area contributed by atoms with Crippen molar-refractivity contribution in [3.8, 4) is 0 Å². The van der Waals surface area contributed by atoms with Crippen molar-refractivity contribution < 1.29 is 4.92 Å². The largest absolute Gasteiger partial charge is 0.319 e. The molecule has 5 heteroatoms. The van der Waals surface area contributed by atoms with Gasteiger partial charge in [0.15, 0.2) is 0 Å². The van der Waals surface area contributed by atoms with Crippen molar-refractivity contribution >= 4 is 5.69 Å². The fourth-order valence-corrected chi connectivity index (χ4v) is 1.08. The minimum Gasteiger partial charge on any atom is -0.319 e. The van der Waals surface area contributed by atoms with Crippen molar-refractivity contribution in [2.45, 2.75) is 13.0 Å². The molecular weight excluding hydrogens is 182 g/mol. The third-order valence-corrected chi connectivity index (χ3v) is 1.80. The summed E-state index contributed by atoms with van der Waals surface area (Å²) in [6.07, 6.45) is 2.97. The maximum Gasteiger partial charge on any atom is 0.292 e. The molecule has 0 fully saturated rings. The Labute approximate surface area is 81.4 Å². The van der Waals surface area contributed by atoms with Crippen LogP contribution in [0, 0.1) is 17.0 Å².